The Morgan fingerprint density at radius 2 is 2.00 bits per heavy atom. The van der Waals surface area contributed by atoms with Crippen LogP contribution < -0.4 is 4.74 Å². The van der Waals surface area contributed by atoms with E-state index in [1.807, 2.05) is 12.1 Å². The average molecular weight is 306 g/mol. The Kier molecular flexibility index (Phi) is 5.45. The molecule has 0 bridgehead atoms. The number of rotatable bonds is 7. The molecular formula is C17H26N2OS. The molecule has 2 aromatic rings. The van der Waals surface area contributed by atoms with Crippen LogP contribution in [0.15, 0.2) is 18.2 Å². The van der Waals surface area contributed by atoms with Gasteiger partial charge in [-0.25, -0.2) is 0 Å². The lowest BCUT2D eigenvalue weighted by atomic mass is 10.0. The molecule has 1 heterocycles. The molecule has 0 amide bonds. The summed E-state index contributed by atoms with van der Waals surface area (Å²) in [5.74, 6) is 1.62. The SMILES string of the molecule is CCCOc1cccc2c1[nH]c(=S)n2C(C)CCC(C)C. The van der Waals surface area contributed by atoms with Crippen LogP contribution in [0.2, 0.25) is 0 Å². The van der Waals surface area contributed by atoms with E-state index in [4.69, 9.17) is 17.0 Å². The van der Waals surface area contributed by atoms with Gasteiger partial charge >= 0.3 is 0 Å². The van der Waals surface area contributed by atoms with Crippen molar-refractivity contribution in [3.05, 3.63) is 23.0 Å². The summed E-state index contributed by atoms with van der Waals surface area (Å²) in [6.07, 6.45) is 3.35. The summed E-state index contributed by atoms with van der Waals surface area (Å²) in [6.45, 7) is 9.61. The number of hydrogen-bond donors (Lipinski definition) is 1. The maximum absolute atomic E-state index is 5.82. The lowest BCUT2D eigenvalue weighted by Crippen LogP contribution is -2.06. The first kappa shape index (κ1) is 16.1. The van der Waals surface area contributed by atoms with E-state index in [0.717, 1.165) is 46.9 Å². The van der Waals surface area contributed by atoms with Crippen LogP contribution >= 0.6 is 12.2 Å². The Morgan fingerprint density at radius 3 is 2.67 bits per heavy atom. The van der Waals surface area contributed by atoms with E-state index in [1.165, 1.54) is 6.42 Å². The Bertz CT molecular complexity index is 642. The fraction of sp³-hybridized carbons (Fsp3) is 0.588. The summed E-state index contributed by atoms with van der Waals surface area (Å²) in [7, 11) is 0. The van der Waals surface area contributed by atoms with Crippen LogP contribution in [0.25, 0.3) is 11.0 Å². The zero-order valence-corrected chi connectivity index (χ0v) is 14.3. The van der Waals surface area contributed by atoms with Crippen molar-refractivity contribution in [2.45, 2.75) is 53.0 Å². The molecule has 1 N–H and O–H groups in total. The molecule has 1 aromatic carbocycles. The maximum Gasteiger partial charge on any atom is 0.178 e. The van der Waals surface area contributed by atoms with Crippen molar-refractivity contribution in [2.24, 2.45) is 5.92 Å². The summed E-state index contributed by atoms with van der Waals surface area (Å²) in [4.78, 5) is 3.33. The quantitative estimate of drug-likeness (QED) is 0.686. The lowest BCUT2D eigenvalue weighted by molar-refractivity contribution is 0.320. The third kappa shape index (κ3) is 3.67. The molecule has 2 rings (SSSR count). The van der Waals surface area contributed by atoms with Gasteiger partial charge in [-0.15, -0.1) is 0 Å². The van der Waals surface area contributed by atoms with Crippen molar-refractivity contribution in [3.63, 3.8) is 0 Å². The van der Waals surface area contributed by atoms with Crippen LogP contribution in [-0.4, -0.2) is 16.2 Å². The molecular weight excluding hydrogens is 280 g/mol. The van der Waals surface area contributed by atoms with Crippen LogP contribution in [0.5, 0.6) is 5.75 Å². The fourth-order valence-electron chi connectivity index (χ4n) is 2.60. The molecule has 0 radical (unpaired) electrons. The van der Waals surface area contributed by atoms with E-state index in [0.29, 0.717) is 6.04 Å². The van der Waals surface area contributed by atoms with Crippen LogP contribution in [-0.2, 0) is 0 Å². The molecule has 1 atom stereocenters. The van der Waals surface area contributed by atoms with Crippen LogP contribution in [0.1, 0.15) is 53.0 Å². The zero-order valence-electron chi connectivity index (χ0n) is 13.5. The Balaban J connectivity index is 2.36. The molecule has 0 aliphatic heterocycles. The summed E-state index contributed by atoms with van der Waals surface area (Å²) in [6, 6.07) is 6.57. The van der Waals surface area contributed by atoms with E-state index < -0.39 is 0 Å². The molecule has 1 unspecified atom stereocenters. The number of H-pyrrole nitrogens is 1. The van der Waals surface area contributed by atoms with Gasteiger partial charge in [0, 0.05) is 6.04 Å². The van der Waals surface area contributed by atoms with Crippen molar-refractivity contribution < 1.29 is 4.74 Å². The average Bonchev–Trinajstić information content (AvgIpc) is 2.79. The normalized spacial score (nSPS) is 13.0. The molecule has 0 saturated heterocycles. The van der Waals surface area contributed by atoms with Gasteiger partial charge < -0.3 is 14.3 Å². The number of ether oxygens (including phenoxy) is 1. The van der Waals surface area contributed by atoms with Gasteiger partial charge in [-0.1, -0.05) is 26.8 Å². The first-order chi connectivity index (χ1) is 10.0. The van der Waals surface area contributed by atoms with E-state index in [9.17, 15) is 0 Å². The molecule has 3 nitrogen and oxygen atoms in total. The molecule has 1 aromatic heterocycles. The second kappa shape index (κ2) is 7.12. The largest absolute Gasteiger partial charge is 0.491 e. The summed E-state index contributed by atoms with van der Waals surface area (Å²) < 4.78 is 8.84. The highest BCUT2D eigenvalue weighted by Crippen LogP contribution is 2.29. The minimum atomic E-state index is 0.398. The van der Waals surface area contributed by atoms with Gasteiger partial charge in [-0.3, -0.25) is 0 Å². The van der Waals surface area contributed by atoms with Gasteiger partial charge in [0.15, 0.2) is 4.77 Å². The second-order valence-electron chi connectivity index (χ2n) is 6.12. The predicted octanol–water partition coefficient (Wildman–Crippen LogP) is 5.48. The number of nitrogens with zero attached hydrogens (tertiary/aromatic N) is 1. The van der Waals surface area contributed by atoms with Crippen LogP contribution in [0, 0.1) is 10.7 Å². The van der Waals surface area contributed by atoms with E-state index in [2.05, 4.69) is 43.3 Å². The topological polar surface area (TPSA) is 29.9 Å². The first-order valence-electron chi connectivity index (χ1n) is 7.90. The molecule has 4 heteroatoms. The van der Waals surface area contributed by atoms with Gasteiger partial charge in [0.2, 0.25) is 0 Å². The zero-order chi connectivity index (χ0) is 15.4. The summed E-state index contributed by atoms with van der Waals surface area (Å²) in [5, 5.41) is 0. The van der Waals surface area contributed by atoms with Crippen molar-refractivity contribution in [2.75, 3.05) is 6.61 Å². The molecule has 0 aliphatic carbocycles. The first-order valence-corrected chi connectivity index (χ1v) is 8.31. The Morgan fingerprint density at radius 1 is 1.24 bits per heavy atom. The monoisotopic (exact) mass is 306 g/mol. The summed E-state index contributed by atoms with van der Waals surface area (Å²) >= 11 is 5.53. The smallest absolute Gasteiger partial charge is 0.178 e. The molecule has 0 fully saturated rings. The van der Waals surface area contributed by atoms with Crippen LogP contribution in [0.3, 0.4) is 0 Å². The van der Waals surface area contributed by atoms with Crippen molar-refractivity contribution in [1.29, 1.82) is 0 Å². The second-order valence-corrected chi connectivity index (χ2v) is 6.51. The number of benzene rings is 1. The highest BCUT2D eigenvalue weighted by molar-refractivity contribution is 7.71. The molecule has 116 valence electrons. The fourth-order valence-corrected chi connectivity index (χ4v) is 2.98. The molecule has 21 heavy (non-hydrogen) atoms. The van der Waals surface area contributed by atoms with Gasteiger partial charge in [-0.2, -0.15) is 0 Å². The van der Waals surface area contributed by atoms with E-state index >= 15 is 0 Å². The maximum atomic E-state index is 5.82. The van der Waals surface area contributed by atoms with Crippen molar-refractivity contribution in [1.82, 2.24) is 9.55 Å². The third-order valence-electron chi connectivity index (χ3n) is 3.78. The number of hydrogen-bond acceptors (Lipinski definition) is 2. The minimum absolute atomic E-state index is 0.398. The summed E-state index contributed by atoms with van der Waals surface area (Å²) in [5.41, 5.74) is 2.16. The van der Waals surface area contributed by atoms with Gasteiger partial charge in [0.05, 0.1) is 12.1 Å². The van der Waals surface area contributed by atoms with Gasteiger partial charge in [0.1, 0.15) is 11.3 Å². The highest BCUT2D eigenvalue weighted by Gasteiger charge is 2.14. The van der Waals surface area contributed by atoms with E-state index in [1.54, 1.807) is 0 Å². The Labute approximate surface area is 132 Å². The van der Waals surface area contributed by atoms with Gasteiger partial charge in [-0.05, 0) is 56.5 Å². The minimum Gasteiger partial charge on any atom is -0.491 e. The Hall–Kier alpha value is -1.29. The number of nitrogens with one attached hydrogen (secondary N) is 1. The standard InChI is InChI=1S/C17H26N2OS/c1-5-11-20-15-8-6-7-14-16(15)18-17(21)19(14)13(4)10-9-12(2)3/h6-8,12-13H,5,9-11H2,1-4H3,(H,18,21). The molecule has 0 aliphatic rings. The predicted molar refractivity (Wildman–Crippen MR) is 91.7 cm³/mol. The lowest BCUT2D eigenvalue weighted by Gasteiger charge is -2.16. The third-order valence-corrected chi connectivity index (χ3v) is 4.08. The van der Waals surface area contributed by atoms with Crippen molar-refractivity contribution in [3.8, 4) is 5.75 Å². The van der Waals surface area contributed by atoms with E-state index in [-0.39, 0.29) is 0 Å². The highest BCUT2D eigenvalue weighted by atomic mass is 32.1. The number of fused-ring (bicyclic) bond motifs is 1. The number of aromatic amines is 1. The molecule has 0 spiro atoms. The van der Waals surface area contributed by atoms with Crippen LogP contribution in [0.4, 0.5) is 0 Å². The number of aromatic nitrogens is 2. The molecule has 0 saturated carbocycles. The van der Waals surface area contributed by atoms with Crippen molar-refractivity contribution >= 4 is 23.3 Å². The number of para-hydroxylation sites is 1. The number of imidazole rings is 1. The van der Waals surface area contributed by atoms with Gasteiger partial charge in [0.25, 0.3) is 0 Å².